The van der Waals surface area contributed by atoms with Crippen LogP contribution in [0.15, 0.2) is 16.7 Å². The van der Waals surface area contributed by atoms with Crippen LogP contribution in [0.1, 0.15) is 11.3 Å². The third-order valence-electron chi connectivity index (χ3n) is 1.53. The molecule has 2 N–H and O–H groups in total. The molecular weight excluding hydrogens is 204 g/mol. The van der Waals surface area contributed by atoms with Crippen molar-refractivity contribution in [2.24, 2.45) is 5.73 Å². The van der Waals surface area contributed by atoms with Gasteiger partial charge in [0.25, 0.3) is 0 Å². The smallest absolute Gasteiger partial charge is 0.0446 e. The van der Waals surface area contributed by atoms with Gasteiger partial charge in [0.2, 0.25) is 0 Å². The highest BCUT2D eigenvalue weighted by molar-refractivity contribution is 9.10. The van der Waals surface area contributed by atoms with Gasteiger partial charge in [-0.3, -0.25) is 4.98 Å². The van der Waals surface area contributed by atoms with Crippen LogP contribution in [0.2, 0.25) is 0 Å². The zero-order chi connectivity index (χ0) is 8.27. The number of halogens is 1. The first-order chi connectivity index (χ1) is 5.24. The summed E-state index contributed by atoms with van der Waals surface area (Å²) in [5.74, 6) is 0. The van der Waals surface area contributed by atoms with Gasteiger partial charge in [0.1, 0.15) is 0 Å². The highest BCUT2D eigenvalue weighted by Gasteiger charge is 1.98. The summed E-state index contributed by atoms with van der Waals surface area (Å²) in [6.45, 7) is 2.71. The lowest BCUT2D eigenvalue weighted by Gasteiger charge is -2.02. The lowest BCUT2D eigenvalue weighted by Crippen LogP contribution is -2.05. The molecule has 0 bridgehead atoms. The van der Waals surface area contributed by atoms with Crippen molar-refractivity contribution in [3.8, 4) is 0 Å². The number of pyridine rings is 1. The summed E-state index contributed by atoms with van der Waals surface area (Å²) in [5.41, 5.74) is 7.71. The fourth-order valence-corrected chi connectivity index (χ4v) is 1.41. The number of nitrogens with two attached hydrogens (primary N) is 1. The van der Waals surface area contributed by atoms with Crippen LogP contribution in [0.4, 0.5) is 0 Å². The predicted octanol–water partition coefficient (Wildman–Crippen LogP) is 1.65. The molecule has 0 spiro atoms. The van der Waals surface area contributed by atoms with Gasteiger partial charge in [0.15, 0.2) is 0 Å². The van der Waals surface area contributed by atoms with Crippen molar-refractivity contribution >= 4 is 15.9 Å². The van der Waals surface area contributed by atoms with Gasteiger partial charge in [0.05, 0.1) is 0 Å². The fraction of sp³-hybridized carbons (Fsp3) is 0.375. The maximum absolute atomic E-state index is 5.42. The second kappa shape index (κ2) is 3.83. The Morgan fingerprint density at radius 1 is 1.64 bits per heavy atom. The van der Waals surface area contributed by atoms with E-state index in [-0.39, 0.29) is 0 Å². The van der Waals surface area contributed by atoms with E-state index in [4.69, 9.17) is 5.73 Å². The van der Waals surface area contributed by atoms with E-state index in [1.165, 1.54) is 5.56 Å². The lowest BCUT2D eigenvalue weighted by atomic mass is 10.2. The molecule has 0 aliphatic carbocycles. The predicted molar refractivity (Wildman–Crippen MR) is 49.4 cm³/mol. The van der Waals surface area contributed by atoms with Gasteiger partial charge in [-0.2, -0.15) is 0 Å². The topological polar surface area (TPSA) is 38.9 Å². The largest absolute Gasteiger partial charge is 0.330 e. The molecule has 1 rings (SSSR count). The molecule has 1 aromatic rings. The van der Waals surface area contributed by atoms with Crippen LogP contribution in [-0.4, -0.2) is 11.5 Å². The van der Waals surface area contributed by atoms with Gasteiger partial charge >= 0.3 is 0 Å². The van der Waals surface area contributed by atoms with E-state index in [9.17, 15) is 0 Å². The normalized spacial score (nSPS) is 10.1. The molecule has 11 heavy (non-hydrogen) atoms. The van der Waals surface area contributed by atoms with Crippen molar-refractivity contribution in [2.75, 3.05) is 6.54 Å². The zero-order valence-corrected chi connectivity index (χ0v) is 8.06. The van der Waals surface area contributed by atoms with E-state index < -0.39 is 0 Å². The van der Waals surface area contributed by atoms with E-state index in [0.717, 1.165) is 16.6 Å². The molecule has 0 saturated carbocycles. The summed E-state index contributed by atoms with van der Waals surface area (Å²) in [5, 5.41) is 0. The maximum Gasteiger partial charge on any atom is 0.0446 e. The second-order valence-corrected chi connectivity index (χ2v) is 3.37. The Hall–Kier alpha value is -0.410. The number of nitrogens with zero attached hydrogens (tertiary/aromatic N) is 1. The minimum absolute atomic E-state index is 0.662. The number of rotatable bonds is 2. The number of aryl methyl sites for hydroxylation is 1. The fourth-order valence-electron chi connectivity index (χ4n) is 0.967. The number of aromatic nitrogens is 1. The van der Waals surface area contributed by atoms with Crippen LogP contribution in [0, 0.1) is 6.92 Å². The molecule has 0 aliphatic heterocycles. The van der Waals surface area contributed by atoms with Crippen molar-refractivity contribution in [2.45, 2.75) is 13.3 Å². The van der Waals surface area contributed by atoms with Crippen LogP contribution >= 0.6 is 15.9 Å². The highest BCUT2D eigenvalue weighted by Crippen LogP contribution is 2.12. The van der Waals surface area contributed by atoms with Crippen LogP contribution in [0.25, 0.3) is 0 Å². The average molecular weight is 215 g/mol. The van der Waals surface area contributed by atoms with Crippen molar-refractivity contribution in [3.05, 3.63) is 28.0 Å². The van der Waals surface area contributed by atoms with Gasteiger partial charge < -0.3 is 5.73 Å². The SMILES string of the molecule is Cc1cc(Br)cnc1CCN. The van der Waals surface area contributed by atoms with Crippen LogP contribution in [0.3, 0.4) is 0 Å². The van der Waals surface area contributed by atoms with Crippen LogP contribution in [-0.2, 0) is 6.42 Å². The Kier molecular flexibility index (Phi) is 3.02. The third-order valence-corrected chi connectivity index (χ3v) is 1.97. The minimum Gasteiger partial charge on any atom is -0.330 e. The van der Waals surface area contributed by atoms with E-state index in [1.54, 1.807) is 6.20 Å². The molecule has 0 aliphatic rings. The van der Waals surface area contributed by atoms with E-state index in [1.807, 2.05) is 6.92 Å². The Balaban J connectivity index is 2.90. The maximum atomic E-state index is 5.42. The first-order valence-electron chi connectivity index (χ1n) is 3.55. The molecule has 0 saturated heterocycles. The summed E-state index contributed by atoms with van der Waals surface area (Å²) < 4.78 is 1.02. The van der Waals surface area contributed by atoms with Crippen molar-refractivity contribution in [3.63, 3.8) is 0 Å². The molecule has 2 nitrogen and oxygen atoms in total. The molecule has 0 unspecified atom stereocenters. The van der Waals surface area contributed by atoms with Crippen molar-refractivity contribution in [1.82, 2.24) is 4.98 Å². The van der Waals surface area contributed by atoms with Gasteiger partial charge in [0, 0.05) is 22.8 Å². The first-order valence-corrected chi connectivity index (χ1v) is 4.34. The third kappa shape index (κ3) is 2.27. The Morgan fingerprint density at radius 2 is 2.36 bits per heavy atom. The van der Waals surface area contributed by atoms with Crippen LogP contribution in [0.5, 0.6) is 0 Å². The average Bonchev–Trinajstić information content (AvgIpc) is 1.95. The molecule has 0 atom stereocenters. The summed E-state index contributed by atoms with van der Waals surface area (Å²) >= 11 is 3.35. The summed E-state index contributed by atoms with van der Waals surface area (Å²) in [7, 11) is 0. The van der Waals surface area contributed by atoms with Gasteiger partial charge in [-0.1, -0.05) is 0 Å². The van der Waals surface area contributed by atoms with Gasteiger partial charge in [-0.25, -0.2) is 0 Å². The molecule has 1 aromatic heterocycles. The summed E-state index contributed by atoms with van der Waals surface area (Å²) in [4.78, 5) is 4.24. The zero-order valence-electron chi connectivity index (χ0n) is 6.47. The van der Waals surface area contributed by atoms with Crippen molar-refractivity contribution in [1.29, 1.82) is 0 Å². The Bertz CT molecular complexity index is 248. The molecule has 1 heterocycles. The molecule has 0 amide bonds. The monoisotopic (exact) mass is 214 g/mol. The summed E-state index contributed by atoms with van der Waals surface area (Å²) in [6, 6.07) is 2.05. The number of hydrogen-bond donors (Lipinski definition) is 1. The quantitative estimate of drug-likeness (QED) is 0.814. The van der Waals surface area contributed by atoms with Gasteiger partial charge in [-0.15, -0.1) is 0 Å². The molecule has 60 valence electrons. The molecule has 0 aromatic carbocycles. The number of hydrogen-bond acceptors (Lipinski definition) is 2. The van der Waals surface area contributed by atoms with Crippen molar-refractivity contribution < 1.29 is 0 Å². The minimum atomic E-state index is 0.662. The van der Waals surface area contributed by atoms with E-state index >= 15 is 0 Å². The lowest BCUT2D eigenvalue weighted by molar-refractivity contribution is 0.908. The van der Waals surface area contributed by atoms with E-state index in [2.05, 4.69) is 27.0 Å². The molecule has 0 fully saturated rings. The second-order valence-electron chi connectivity index (χ2n) is 2.46. The standard InChI is InChI=1S/C8H11BrN2/c1-6-4-7(9)5-11-8(6)2-3-10/h4-5H,2-3,10H2,1H3. The Morgan fingerprint density at radius 3 is 2.91 bits per heavy atom. The molecule has 0 radical (unpaired) electrons. The summed E-state index contributed by atoms with van der Waals surface area (Å²) in [6.07, 6.45) is 2.66. The molecular formula is C8H11BrN2. The highest BCUT2D eigenvalue weighted by atomic mass is 79.9. The van der Waals surface area contributed by atoms with Gasteiger partial charge in [-0.05, 0) is 41.0 Å². The van der Waals surface area contributed by atoms with E-state index in [0.29, 0.717) is 6.54 Å². The molecule has 3 heteroatoms. The van der Waals surface area contributed by atoms with Crippen LogP contribution < -0.4 is 5.73 Å². The Labute approximate surface area is 75.0 Å². The first kappa shape index (κ1) is 8.68.